The molecule has 0 unspecified atom stereocenters. The highest BCUT2D eigenvalue weighted by Crippen LogP contribution is 2.27. The second-order valence-corrected chi connectivity index (χ2v) is 16.7. The molecule has 0 aromatic heterocycles. The van der Waals surface area contributed by atoms with Crippen LogP contribution < -0.4 is 21.3 Å². The number of phenolic OH excluding ortho intramolecular Hbond substituents is 7. The molecule has 19 heteroatoms. The molecule has 0 fully saturated rings. The second-order valence-electron chi connectivity index (χ2n) is 16.7. The van der Waals surface area contributed by atoms with Gasteiger partial charge in [-0.2, -0.15) is 0 Å². The van der Waals surface area contributed by atoms with Gasteiger partial charge < -0.3 is 76.0 Å². The van der Waals surface area contributed by atoms with Gasteiger partial charge in [0.25, 0.3) is 0 Å². The predicted molar refractivity (Wildman–Crippen MR) is 253 cm³/mol. The maximum Gasteiger partial charge on any atom is 0.222 e. The van der Waals surface area contributed by atoms with Crippen molar-refractivity contribution in [2.45, 2.75) is 58.3 Å². The lowest BCUT2D eigenvalue weighted by molar-refractivity contribution is -0.128. The predicted octanol–water partition coefficient (Wildman–Crippen LogP) is 3.28. The lowest BCUT2D eigenvalue weighted by atomic mass is 9.92. The normalized spacial score (nSPS) is 11.3. The number of nitrogens with one attached hydrogen (secondary N) is 4. The number of aryl methyl sites for hydroxylation is 1. The highest BCUT2D eigenvalue weighted by atomic mass is 16.5. The largest absolute Gasteiger partial charge is 0.508 e. The molecule has 376 valence electrons. The first-order valence-electron chi connectivity index (χ1n) is 22.8. The standard InChI is InChI=1S/C50H66N4O15/c1-34-2-3-35(26-42(34)58)10-18-51-46(62)14-22-66-30-50(31-67-23-15-47(63)52-19-11-36-4-7-39(55)43(59)27-36,32-68-24-16-48(64)53-20-12-37-5-8-40(56)44(60)28-37)33-69-25-17-49(65)54-21-13-38-6-9-41(57)45(61)29-38/h2-9,26-29,55-61H,10-25,30-33H2,1H3,(H,51,62)(H,52,63)(H,53,64)(H,54,65). The third-order valence-corrected chi connectivity index (χ3v) is 10.9. The number of hydrogen-bond donors (Lipinski definition) is 11. The molecular formula is C50H66N4O15. The quantitative estimate of drug-likeness (QED) is 0.0247. The molecule has 4 aromatic rings. The molecule has 11 N–H and O–H groups in total. The average Bonchev–Trinajstić information content (AvgIpc) is 3.31. The molecule has 0 saturated carbocycles. The Bertz CT molecular complexity index is 1960. The zero-order chi connectivity index (χ0) is 50.0. The number of hydrogen-bond acceptors (Lipinski definition) is 15. The number of rotatable bonds is 32. The van der Waals surface area contributed by atoms with Crippen molar-refractivity contribution in [2.75, 3.05) is 79.0 Å². The number of ether oxygens (including phenoxy) is 4. The Morgan fingerprint density at radius 3 is 0.913 bits per heavy atom. The molecule has 0 atom stereocenters. The third-order valence-electron chi connectivity index (χ3n) is 10.9. The fourth-order valence-corrected chi connectivity index (χ4v) is 6.79. The summed E-state index contributed by atoms with van der Waals surface area (Å²) in [5.41, 5.74) is 2.72. The van der Waals surface area contributed by atoms with Crippen molar-refractivity contribution < 1.29 is 73.9 Å². The first kappa shape index (κ1) is 54.8. The monoisotopic (exact) mass is 962 g/mol. The van der Waals surface area contributed by atoms with Crippen molar-refractivity contribution in [3.05, 3.63) is 101 Å². The summed E-state index contributed by atoms with van der Waals surface area (Å²) in [6.07, 6.45) is 1.75. The lowest BCUT2D eigenvalue weighted by Gasteiger charge is -2.33. The van der Waals surface area contributed by atoms with Gasteiger partial charge in [-0.1, -0.05) is 30.3 Å². The molecule has 0 saturated heterocycles. The molecule has 0 bridgehead atoms. The van der Waals surface area contributed by atoms with E-state index in [1.54, 1.807) is 37.3 Å². The van der Waals surface area contributed by atoms with Crippen LogP contribution >= 0.6 is 0 Å². The van der Waals surface area contributed by atoms with E-state index >= 15 is 0 Å². The summed E-state index contributed by atoms with van der Waals surface area (Å²) in [6.45, 7) is 2.80. The van der Waals surface area contributed by atoms with Crippen molar-refractivity contribution in [1.82, 2.24) is 21.3 Å². The van der Waals surface area contributed by atoms with Crippen molar-refractivity contribution >= 4 is 23.6 Å². The van der Waals surface area contributed by atoms with Crippen LogP contribution in [-0.2, 0) is 63.8 Å². The van der Waals surface area contributed by atoms with Crippen LogP contribution in [0, 0.1) is 12.3 Å². The summed E-state index contributed by atoms with van der Waals surface area (Å²) >= 11 is 0. The van der Waals surface area contributed by atoms with E-state index in [2.05, 4.69) is 21.3 Å². The highest BCUT2D eigenvalue weighted by Gasteiger charge is 2.33. The Balaban J connectivity index is 1.34. The minimum atomic E-state index is -1.05. The molecule has 0 radical (unpaired) electrons. The minimum Gasteiger partial charge on any atom is -0.508 e. The van der Waals surface area contributed by atoms with Crippen LogP contribution in [-0.4, -0.2) is 138 Å². The Labute approximate surface area is 401 Å². The average molecular weight is 963 g/mol. The van der Waals surface area contributed by atoms with E-state index in [1.165, 1.54) is 36.4 Å². The van der Waals surface area contributed by atoms with E-state index in [1.807, 2.05) is 6.07 Å². The van der Waals surface area contributed by atoms with Gasteiger partial charge in [0.1, 0.15) is 5.75 Å². The molecule has 69 heavy (non-hydrogen) atoms. The summed E-state index contributed by atoms with van der Waals surface area (Å²) in [7, 11) is 0. The molecule has 0 aliphatic rings. The molecule has 4 rings (SSSR count). The maximum absolute atomic E-state index is 12.8. The summed E-state index contributed by atoms with van der Waals surface area (Å²) < 4.78 is 24.2. The van der Waals surface area contributed by atoms with E-state index in [0.717, 1.165) is 11.1 Å². The van der Waals surface area contributed by atoms with Crippen molar-refractivity contribution in [2.24, 2.45) is 5.41 Å². The van der Waals surface area contributed by atoms with E-state index in [9.17, 15) is 54.9 Å². The Hall–Kier alpha value is -6.80. The number of phenols is 7. The van der Waals surface area contributed by atoms with Gasteiger partial charge in [-0.3, -0.25) is 19.2 Å². The molecule has 4 aromatic carbocycles. The van der Waals surface area contributed by atoms with Crippen LogP contribution in [0.15, 0.2) is 72.8 Å². The van der Waals surface area contributed by atoms with Gasteiger partial charge >= 0.3 is 0 Å². The molecule has 0 aliphatic carbocycles. The van der Waals surface area contributed by atoms with Crippen molar-refractivity contribution in [3.63, 3.8) is 0 Å². The first-order chi connectivity index (χ1) is 33.1. The first-order valence-corrected chi connectivity index (χ1v) is 22.8. The summed E-state index contributed by atoms with van der Waals surface area (Å²) in [4.78, 5) is 51.0. The Morgan fingerprint density at radius 2 is 0.652 bits per heavy atom. The molecule has 0 heterocycles. The Morgan fingerprint density at radius 1 is 0.391 bits per heavy atom. The number of benzene rings is 4. The fraction of sp³-hybridized carbons (Fsp3) is 0.440. The van der Waals surface area contributed by atoms with Crippen LogP contribution in [0.4, 0.5) is 0 Å². The van der Waals surface area contributed by atoms with E-state index in [-0.39, 0.29) is 162 Å². The summed E-state index contributed by atoms with van der Waals surface area (Å²) in [5.74, 6) is -2.45. The topological polar surface area (TPSA) is 295 Å². The van der Waals surface area contributed by atoms with Gasteiger partial charge in [-0.25, -0.2) is 0 Å². The van der Waals surface area contributed by atoms with E-state index in [4.69, 9.17) is 18.9 Å². The third kappa shape index (κ3) is 20.9. The SMILES string of the molecule is Cc1ccc(CCNC(=O)CCOCC(COCCC(=O)NCCc2ccc(O)c(O)c2)(COCCC(=O)NCCc2ccc(O)c(O)c2)COCCC(=O)NCCc2ccc(O)c(O)c2)cc1O. The Kier molecular flexibility index (Phi) is 23.2. The molecule has 19 nitrogen and oxygen atoms in total. The van der Waals surface area contributed by atoms with Gasteiger partial charge in [0.2, 0.25) is 23.6 Å². The van der Waals surface area contributed by atoms with E-state index < -0.39 is 5.41 Å². The van der Waals surface area contributed by atoms with Gasteiger partial charge in [0.15, 0.2) is 34.5 Å². The van der Waals surface area contributed by atoms with Gasteiger partial charge in [-0.15, -0.1) is 0 Å². The van der Waals surface area contributed by atoms with Crippen molar-refractivity contribution in [1.29, 1.82) is 0 Å². The summed E-state index contributed by atoms with van der Waals surface area (Å²) in [6, 6.07) is 18.6. The zero-order valence-electron chi connectivity index (χ0n) is 39.0. The molecule has 0 spiro atoms. The lowest BCUT2D eigenvalue weighted by Crippen LogP contribution is -2.43. The number of amides is 4. The van der Waals surface area contributed by atoms with Crippen LogP contribution in [0.5, 0.6) is 40.2 Å². The zero-order valence-corrected chi connectivity index (χ0v) is 39.0. The van der Waals surface area contributed by atoms with Gasteiger partial charge in [-0.05, 0) is 103 Å². The smallest absolute Gasteiger partial charge is 0.222 e. The fourth-order valence-electron chi connectivity index (χ4n) is 6.79. The molecular weight excluding hydrogens is 897 g/mol. The minimum absolute atomic E-state index is 0.00281. The highest BCUT2D eigenvalue weighted by molar-refractivity contribution is 5.77. The van der Waals surface area contributed by atoms with Gasteiger partial charge in [0.05, 0.1) is 58.3 Å². The van der Waals surface area contributed by atoms with Crippen LogP contribution in [0.2, 0.25) is 0 Å². The molecule has 0 aliphatic heterocycles. The van der Waals surface area contributed by atoms with E-state index in [0.29, 0.717) is 48.9 Å². The maximum atomic E-state index is 12.8. The molecule has 4 amide bonds. The number of carbonyl (C=O) groups is 4. The second kappa shape index (κ2) is 29.2. The van der Waals surface area contributed by atoms with Crippen LogP contribution in [0.1, 0.15) is 53.5 Å². The van der Waals surface area contributed by atoms with Crippen molar-refractivity contribution in [3.8, 4) is 40.2 Å². The van der Waals surface area contributed by atoms with Crippen LogP contribution in [0.25, 0.3) is 0 Å². The van der Waals surface area contributed by atoms with Crippen LogP contribution in [0.3, 0.4) is 0 Å². The van der Waals surface area contributed by atoms with Gasteiger partial charge in [0, 0.05) is 51.9 Å². The summed E-state index contributed by atoms with van der Waals surface area (Å²) in [5, 5.41) is 79.3. The number of aromatic hydroxyl groups is 7. The number of carbonyl (C=O) groups excluding carboxylic acids is 4.